The number of nitrogen functional groups attached to an aromatic ring is 1. The third-order valence-corrected chi connectivity index (χ3v) is 3.13. The van der Waals surface area contributed by atoms with E-state index in [-0.39, 0.29) is 18.2 Å². The third kappa shape index (κ3) is 3.54. The summed E-state index contributed by atoms with van der Waals surface area (Å²) < 4.78 is 37.9. The minimum Gasteiger partial charge on any atom is -0.363 e. The van der Waals surface area contributed by atoms with E-state index < -0.39 is 12.0 Å². The molecule has 0 spiro atoms. The number of anilines is 2. The maximum Gasteiger partial charge on any atom is 0.451 e. The molecular formula is C10H11F3N6S. The molecule has 0 unspecified atom stereocenters. The predicted molar refractivity (Wildman–Crippen MR) is 69.0 cm³/mol. The van der Waals surface area contributed by atoms with Gasteiger partial charge >= 0.3 is 6.18 Å². The number of alkyl halides is 3. The van der Waals surface area contributed by atoms with Crippen molar-refractivity contribution in [2.45, 2.75) is 19.6 Å². The summed E-state index contributed by atoms with van der Waals surface area (Å²) in [6.45, 7) is 2.17. The fraction of sp³-hybridized carbons (Fsp3) is 0.300. The summed E-state index contributed by atoms with van der Waals surface area (Å²) >= 11 is 1.45. The summed E-state index contributed by atoms with van der Waals surface area (Å²) in [6.07, 6.45) is -2.95. The van der Waals surface area contributed by atoms with Crippen LogP contribution in [-0.4, -0.2) is 15.0 Å². The van der Waals surface area contributed by atoms with Gasteiger partial charge in [-0.2, -0.15) is 13.2 Å². The number of nitrogens with zero attached hydrogens (tertiary/aromatic N) is 3. The van der Waals surface area contributed by atoms with Gasteiger partial charge in [-0.05, 0) is 6.92 Å². The van der Waals surface area contributed by atoms with Crippen molar-refractivity contribution in [2.24, 2.45) is 5.84 Å². The zero-order valence-corrected chi connectivity index (χ0v) is 11.1. The molecule has 0 radical (unpaired) electrons. The lowest BCUT2D eigenvalue weighted by Crippen LogP contribution is -2.17. The van der Waals surface area contributed by atoms with Crippen molar-refractivity contribution in [1.29, 1.82) is 0 Å². The van der Waals surface area contributed by atoms with Crippen LogP contribution in [0.3, 0.4) is 0 Å². The first kappa shape index (κ1) is 14.5. The molecular weight excluding hydrogens is 293 g/mol. The van der Waals surface area contributed by atoms with Crippen molar-refractivity contribution < 1.29 is 13.2 Å². The average molecular weight is 304 g/mol. The van der Waals surface area contributed by atoms with Crippen LogP contribution in [0.25, 0.3) is 0 Å². The third-order valence-electron chi connectivity index (χ3n) is 2.22. The van der Waals surface area contributed by atoms with Gasteiger partial charge in [0.25, 0.3) is 0 Å². The Balaban J connectivity index is 2.18. The number of aryl methyl sites for hydroxylation is 1. The number of hydrogen-bond donors (Lipinski definition) is 3. The highest BCUT2D eigenvalue weighted by Gasteiger charge is 2.35. The number of aromatic nitrogens is 3. The highest BCUT2D eigenvalue weighted by molar-refractivity contribution is 7.11. The second-order valence-electron chi connectivity index (χ2n) is 3.82. The Hall–Kier alpha value is -1.94. The van der Waals surface area contributed by atoms with Gasteiger partial charge in [0.05, 0.1) is 6.54 Å². The topological polar surface area (TPSA) is 88.8 Å². The lowest BCUT2D eigenvalue weighted by atomic mass is 10.4. The van der Waals surface area contributed by atoms with Gasteiger partial charge < -0.3 is 10.7 Å². The molecule has 0 saturated heterocycles. The van der Waals surface area contributed by atoms with E-state index in [9.17, 15) is 13.2 Å². The molecule has 4 N–H and O–H groups in total. The first-order valence-electron chi connectivity index (χ1n) is 5.46. The van der Waals surface area contributed by atoms with Crippen LogP contribution >= 0.6 is 11.3 Å². The molecule has 20 heavy (non-hydrogen) atoms. The average Bonchev–Trinajstić information content (AvgIpc) is 2.81. The van der Waals surface area contributed by atoms with E-state index in [0.29, 0.717) is 0 Å². The summed E-state index contributed by atoms with van der Waals surface area (Å²) in [6, 6.07) is 1.29. The number of thiazole rings is 1. The SMILES string of the molecule is Cc1cnc(CNc2cc(NN)nc(C(F)(F)F)n2)s1. The van der Waals surface area contributed by atoms with E-state index in [1.54, 1.807) is 6.20 Å². The smallest absolute Gasteiger partial charge is 0.363 e. The van der Waals surface area contributed by atoms with E-state index in [0.717, 1.165) is 9.88 Å². The van der Waals surface area contributed by atoms with Crippen LogP contribution in [0.5, 0.6) is 0 Å². The van der Waals surface area contributed by atoms with E-state index >= 15 is 0 Å². The number of nitrogens with two attached hydrogens (primary N) is 1. The summed E-state index contributed by atoms with van der Waals surface area (Å²) in [5.41, 5.74) is 2.08. The largest absolute Gasteiger partial charge is 0.451 e. The molecule has 108 valence electrons. The number of hydrazine groups is 1. The zero-order valence-electron chi connectivity index (χ0n) is 10.3. The fourth-order valence-electron chi connectivity index (χ4n) is 1.39. The van der Waals surface area contributed by atoms with Gasteiger partial charge in [-0.15, -0.1) is 11.3 Å². The van der Waals surface area contributed by atoms with Crippen LogP contribution in [-0.2, 0) is 12.7 Å². The summed E-state index contributed by atoms with van der Waals surface area (Å²) in [5.74, 6) is 3.74. The van der Waals surface area contributed by atoms with Crippen molar-refractivity contribution >= 4 is 23.0 Å². The van der Waals surface area contributed by atoms with Gasteiger partial charge in [-0.3, -0.25) is 0 Å². The van der Waals surface area contributed by atoms with Crippen molar-refractivity contribution in [1.82, 2.24) is 15.0 Å². The van der Waals surface area contributed by atoms with E-state index in [4.69, 9.17) is 5.84 Å². The Morgan fingerprint density at radius 3 is 2.55 bits per heavy atom. The summed E-state index contributed by atoms with van der Waals surface area (Å²) in [5, 5.41) is 3.51. The minimum absolute atomic E-state index is 0.0214. The van der Waals surface area contributed by atoms with E-state index in [1.165, 1.54) is 17.4 Å². The molecule has 0 atom stereocenters. The minimum atomic E-state index is -4.64. The van der Waals surface area contributed by atoms with E-state index in [1.807, 2.05) is 6.92 Å². The first-order valence-corrected chi connectivity index (χ1v) is 6.28. The molecule has 0 saturated carbocycles. The molecule has 0 aliphatic heterocycles. The van der Waals surface area contributed by atoms with Crippen molar-refractivity contribution in [2.75, 3.05) is 10.7 Å². The molecule has 0 aliphatic carbocycles. The van der Waals surface area contributed by atoms with Crippen LogP contribution in [0, 0.1) is 6.92 Å². The molecule has 0 aromatic carbocycles. The lowest BCUT2D eigenvalue weighted by Gasteiger charge is -2.10. The highest BCUT2D eigenvalue weighted by atomic mass is 32.1. The maximum absolute atomic E-state index is 12.6. The fourth-order valence-corrected chi connectivity index (χ4v) is 2.11. The Morgan fingerprint density at radius 1 is 1.30 bits per heavy atom. The van der Waals surface area contributed by atoms with Crippen LogP contribution in [0.1, 0.15) is 15.7 Å². The quantitative estimate of drug-likeness (QED) is 0.592. The molecule has 2 rings (SSSR count). The zero-order chi connectivity index (χ0) is 14.8. The Bertz CT molecular complexity index is 597. The molecule has 10 heteroatoms. The molecule has 0 fully saturated rings. The van der Waals surface area contributed by atoms with Gasteiger partial charge in [0.2, 0.25) is 5.82 Å². The number of rotatable bonds is 4. The van der Waals surface area contributed by atoms with Gasteiger partial charge in [0, 0.05) is 17.1 Å². The van der Waals surface area contributed by atoms with Crippen molar-refractivity contribution in [3.05, 3.63) is 28.0 Å². The number of nitrogens with one attached hydrogen (secondary N) is 2. The Morgan fingerprint density at radius 2 is 2.00 bits per heavy atom. The second kappa shape index (κ2) is 5.59. The maximum atomic E-state index is 12.6. The van der Waals surface area contributed by atoms with Gasteiger partial charge in [-0.1, -0.05) is 0 Å². The van der Waals surface area contributed by atoms with Gasteiger partial charge in [0.1, 0.15) is 16.6 Å². The summed E-state index contributed by atoms with van der Waals surface area (Å²) in [7, 11) is 0. The lowest BCUT2D eigenvalue weighted by molar-refractivity contribution is -0.144. The number of halogens is 3. The Labute approximate surface area is 116 Å². The molecule has 0 aliphatic rings. The van der Waals surface area contributed by atoms with E-state index in [2.05, 4.69) is 25.7 Å². The van der Waals surface area contributed by atoms with Crippen LogP contribution in [0.15, 0.2) is 12.3 Å². The molecule has 2 aromatic rings. The predicted octanol–water partition coefficient (Wildman–Crippen LogP) is 2.16. The number of hydrogen-bond acceptors (Lipinski definition) is 7. The van der Waals surface area contributed by atoms with Crippen LogP contribution < -0.4 is 16.6 Å². The second-order valence-corrected chi connectivity index (χ2v) is 5.14. The van der Waals surface area contributed by atoms with Crippen LogP contribution in [0.2, 0.25) is 0 Å². The molecule has 0 amide bonds. The summed E-state index contributed by atoms with van der Waals surface area (Å²) in [4.78, 5) is 11.8. The molecule has 2 aromatic heterocycles. The molecule has 0 bridgehead atoms. The standard InChI is InChI=1S/C10H11F3N6S/c1-5-3-16-8(20-5)4-15-6-2-7(19-14)18-9(17-6)10(11,12)13/h2-3H,4,14H2,1H3,(H2,15,17,18,19). The van der Waals surface area contributed by atoms with Crippen molar-refractivity contribution in [3.63, 3.8) is 0 Å². The van der Waals surface area contributed by atoms with Gasteiger partial charge in [-0.25, -0.2) is 20.8 Å². The highest BCUT2D eigenvalue weighted by Crippen LogP contribution is 2.28. The first-order chi connectivity index (χ1) is 9.38. The van der Waals surface area contributed by atoms with Gasteiger partial charge in [0.15, 0.2) is 0 Å². The molecule has 6 nitrogen and oxygen atoms in total. The van der Waals surface area contributed by atoms with Crippen LogP contribution in [0.4, 0.5) is 24.8 Å². The monoisotopic (exact) mass is 304 g/mol. The van der Waals surface area contributed by atoms with Crippen molar-refractivity contribution in [3.8, 4) is 0 Å². The molecule has 2 heterocycles. The normalized spacial score (nSPS) is 11.4. The Kier molecular flexibility index (Phi) is 4.04.